The summed E-state index contributed by atoms with van der Waals surface area (Å²) >= 11 is 5.97. The van der Waals surface area contributed by atoms with Gasteiger partial charge in [0.05, 0.1) is 0 Å². The van der Waals surface area contributed by atoms with Gasteiger partial charge in [-0.25, -0.2) is 0 Å². The molecular weight excluding hydrogens is 394 g/mol. The molecule has 1 aliphatic heterocycles. The van der Waals surface area contributed by atoms with E-state index in [2.05, 4.69) is 50.0 Å². The van der Waals surface area contributed by atoms with Crippen LogP contribution in [-0.4, -0.2) is 18.0 Å². The predicted molar refractivity (Wildman–Crippen MR) is 125 cm³/mol. The summed E-state index contributed by atoms with van der Waals surface area (Å²) in [7, 11) is 0. The molecular formula is C25H28ClN3O. The van der Waals surface area contributed by atoms with Gasteiger partial charge in [0.2, 0.25) is 0 Å². The first-order valence-corrected chi connectivity index (χ1v) is 10.7. The summed E-state index contributed by atoms with van der Waals surface area (Å²) in [5.41, 5.74) is 4.10. The Hall–Kier alpha value is -2.77. The van der Waals surface area contributed by atoms with E-state index < -0.39 is 5.91 Å². The zero-order valence-corrected chi connectivity index (χ0v) is 18.8. The summed E-state index contributed by atoms with van der Waals surface area (Å²) in [6, 6.07) is 15.1. The zero-order chi connectivity index (χ0) is 21.9. The maximum absolute atomic E-state index is 12.6. The van der Waals surface area contributed by atoms with Gasteiger partial charge in [-0.2, -0.15) is 5.26 Å². The third-order valence-electron chi connectivity index (χ3n) is 5.62. The lowest BCUT2D eigenvalue weighted by Gasteiger charge is -2.47. The van der Waals surface area contributed by atoms with Crippen LogP contribution in [0.15, 0.2) is 48.0 Å². The number of nitrogens with one attached hydrogen (secondary N) is 1. The lowest BCUT2D eigenvalue weighted by Crippen LogP contribution is -2.48. The monoisotopic (exact) mass is 421 g/mol. The van der Waals surface area contributed by atoms with Crippen LogP contribution in [0.2, 0.25) is 5.02 Å². The minimum atomic E-state index is -0.445. The summed E-state index contributed by atoms with van der Waals surface area (Å²) < 4.78 is 0. The van der Waals surface area contributed by atoms with Crippen molar-refractivity contribution in [3.05, 3.63) is 64.2 Å². The van der Waals surface area contributed by atoms with Crippen molar-refractivity contribution in [2.45, 2.75) is 52.0 Å². The standard InChI is InChI=1S/C25H28ClN3O/c1-5-11-29-23-10-9-18(13-22(23)17(2)15-25(29,3)4)12-19(16-27)24(30)28-21-8-6-7-20(26)14-21/h6-10,12-14,17H,5,11,15H2,1-4H3,(H,28,30)/b19-12+. The highest BCUT2D eigenvalue weighted by Crippen LogP contribution is 2.43. The van der Waals surface area contributed by atoms with Gasteiger partial charge in [0.25, 0.3) is 5.91 Å². The molecule has 0 aliphatic carbocycles. The lowest BCUT2D eigenvalue weighted by molar-refractivity contribution is -0.112. The number of halogens is 1. The Morgan fingerprint density at radius 1 is 1.33 bits per heavy atom. The van der Waals surface area contributed by atoms with Gasteiger partial charge in [0.15, 0.2) is 0 Å². The van der Waals surface area contributed by atoms with E-state index >= 15 is 0 Å². The van der Waals surface area contributed by atoms with Crippen molar-refractivity contribution < 1.29 is 4.79 Å². The summed E-state index contributed by atoms with van der Waals surface area (Å²) in [5.74, 6) is -0.0402. The average Bonchev–Trinajstić information content (AvgIpc) is 2.69. The number of hydrogen-bond acceptors (Lipinski definition) is 3. The van der Waals surface area contributed by atoms with Crippen molar-refractivity contribution in [2.75, 3.05) is 16.8 Å². The van der Waals surface area contributed by atoms with Gasteiger partial charge in [-0.3, -0.25) is 4.79 Å². The van der Waals surface area contributed by atoms with Crippen LogP contribution in [-0.2, 0) is 4.79 Å². The average molecular weight is 422 g/mol. The lowest BCUT2D eigenvalue weighted by atomic mass is 9.79. The van der Waals surface area contributed by atoms with E-state index in [0.717, 1.165) is 24.9 Å². The summed E-state index contributed by atoms with van der Waals surface area (Å²) in [6.45, 7) is 10.0. The molecule has 0 spiro atoms. The van der Waals surface area contributed by atoms with Crippen LogP contribution in [0.1, 0.15) is 57.6 Å². The topological polar surface area (TPSA) is 56.1 Å². The Labute approximate surface area is 184 Å². The summed E-state index contributed by atoms with van der Waals surface area (Å²) in [6.07, 6.45) is 3.80. The van der Waals surface area contributed by atoms with Gasteiger partial charge in [-0.15, -0.1) is 0 Å². The first kappa shape index (κ1) is 21.9. The minimum absolute atomic E-state index is 0.0594. The molecule has 4 nitrogen and oxygen atoms in total. The van der Waals surface area contributed by atoms with Gasteiger partial charge in [-0.1, -0.05) is 37.6 Å². The van der Waals surface area contributed by atoms with E-state index in [9.17, 15) is 10.1 Å². The number of hydrogen-bond donors (Lipinski definition) is 1. The highest BCUT2D eigenvalue weighted by Gasteiger charge is 2.35. The van der Waals surface area contributed by atoms with Crippen LogP contribution in [0.3, 0.4) is 0 Å². The van der Waals surface area contributed by atoms with E-state index in [1.807, 2.05) is 12.1 Å². The van der Waals surface area contributed by atoms with Crippen LogP contribution < -0.4 is 10.2 Å². The number of carbonyl (C=O) groups excluding carboxylic acids is 1. The van der Waals surface area contributed by atoms with Gasteiger partial charge in [-0.05, 0) is 80.1 Å². The van der Waals surface area contributed by atoms with Crippen LogP contribution in [0.4, 0.5) is 11.4 Å². The van der Waals surface area contributed by atoms with Crippen molar-refractivity contribution >= 4 is 35.0 Å². The molecule has 0 aromatic heterocycles. The maximum Gasteiger partial charge on any atom is 0.266 e. The second-order valence-corrected chi connectivity index (χ2v) is 8.96. The number of nitrogens with zero attached hydrogens (tertiary/aromatic N) is 2. The summed E-state index contributed by atoms with van der Waals surface area (Å²) in [4.78, 5) is 15.1. The van der Waals surface area contributed by atoms with Crippen molar-refractivity contribution in [3.8, 4) is 6.07 Å². The number of rotatable bonds is 5. The Bertz CT molecular complexity index is 1020. The molecule has 1 heterocycles. The van der Waals surface area contributed by atoms with Crippen LogP contribution in [0, 0.1) is 11.3 Å². The third kappa shape index (κ3) is 4.68. The van der Waals surface area contributed by atoms with E-state index in [0.29, 0.717) is 16.6 Å². The Kier molecular flexibility index (Phi) is 6.53. The second-order valence-electron chi connectivity index (χ2n) is 8.52. The summed E-state index contributed by atoms with van der Waals surface area (Å²) in [5, 5.41) is 12.8. The van der Waals surface area contributed by atoms with Gasteiger partial charge in [0, 0.05) is 28.5 Å². The fourth-order valence-corrected chi connectivity index (χ4v) is 4.52. The number of carbonyl (C=O) groups is 1. The van der Waals surface area contributed by atoms with E-state index in [4.69, 9.17) is 11.6 Å². The van der Waals surface area contributed by atoms with E-state index in [1.165, 1.54) is 11.3 Å². The van der Waals surface area contributed by atoms with Gasteiger partial charge < -0.3 is 10.2 Å². The molecule has 0 radical (unpaired) electrons. The van der Waals surface area contributed by atoms with Crippen molar-refractivity contribution in [1.29, 1.82) is 5.26 Å². The minimum Gasteiger partial charge on any atom is -0.366 e. The highest BCUT2D eigenvalue weighted by molar-refractivity contribution is 6.31. The largest absolute Gasteiger partial charge is 0.366 e. The first-order valence-electron chi connectivity index (χ1n) is 10.4. The Morgan fingerprint density at radius 3 is 2.77 bits per heavy atom. The molecule has 0 fully saturated rings. The molecule has 2 aromatic rings. The molecule has 30 heavy (non-hydrogen) atoms. The molecule has 1 N–H and O–H groups in total. The second kappa shape index (κ2) is 8.93. The molecule has 5 heteroatoms. The molecule has 0 saturated carbocycles. The molecule has 3 rings (SSSR count). The smallest absolute Gasteiger partial charge is 0.266 e. The highest BCUT2D eigenvalue weighted by atomic mass is 35.5. The fraction of sp³-hybridized carbons (Fsp3) is 0.360. The number of amides is 1. The SMILES string of the molecule is CCCN1c2ccc(/C=C(\C#N)C(=O)Nc3cccc(Cl)c3)cc2C(C)CC1(C)C. The fourth-order valence-electron chi connectivity index (χ4n) is 4.33. The predicted octanol–water partition coefficient (Wildman–Crippen LogP) is 6.39. The normalized spacial score (nSPS) is 17.8. The molecule has 1 atom stereocenters. The van der Waals surface area contributed by atoms with Gasteiger partial charge in [0.1, 0.15) is 11.6 Å². The van der Waals surface area contributed by atoms with Crippen molar-refractivity contribution in [1.82, 2.24) is 0 Å². The molecule has 0 saturated heterocycles. The van der Waals surface area contributed by atoms with Crippen LogP contribution in [0.5, 0.6) is 0 Å². The Balaban J connectivity index is 1.90. The van der Waals surface area contributed by atoms with Crippen LogP contribution in [0.25, 0.3) is 6.08 Å². The molecule has 1 unspecified atom stereocenters. The number of anilines is 2. The molecule has 156 valence electrons. The zero-order valence-electron chi connectivity index (χ0n) is 18.0. The van der Waals surface area contributed by atoms with Crippen molar-refractivity contribution in [3.63, 3.8) is 0 Å². The molecule has 0 bridgehead atoms. The molecule has 2 aromatic carbocycles. The molecule has 1 aliphatic rings. The van der Waals surface area contributed by atoms with Crippen LogP contribution >= 0.6 is 11.6 Å². The molecule has 1 amide bonds. The van der Waals surface area contributed by atoms with Gasteiger partial charge >= 0.3 is 0 Å². The number of nitriles is 1. The quantitative estimate of drug-likeness (QED) is 0.449. The van der Waals surface area contributed by atoms with E-state index in [-0.39, 0.29) is 11.1 Å². The number of fused-ring (bicyclic) bond motifs is 1. The van der Waals surface area contributed by atoms with E-state index in [1.54, 1.807) is 30.3 Å². The Morgan fingerprint density at radius 2 is 2.10 bits per heavy atom. The maximum atomic E-state index is 12.6. The third-order valence-corrected chi connectivity index (χ3v) is 5.85. The van der Waals surface area contributed by atoms with Crippen molar-refractivity contribution in [2.24, 2.45) is 0 Å². The first-order chi connectivity index (χ1) is 14.2. The number of benzene rings is 2.